The van der Waals surface area contributed by atoms with Crippen LogP contribution in [0.25, 0.3) is 0 Å². The molecular weight excluding hydrogens is 725 g/mol. The number of carbonyl (C=O) groups is 4. The Balaban J connectivity index is 0.000000232. The number of ketones is 4. The zero-order chi connectivity index (χ0) is 41.3. The van der Waals surface area contributed by atoms with E-state index >= 15 is 0 Å². The van der Waals surface area contributed by atoms with Gasteiger partial charge >= 0.3 is 11.4 Å². The minimum Gasteiger partial charge on any atom is -0.304 e. The van der Waals surface area contributed by atoms with Crippen molar-refractivity contribution in [1.29, 1.82) is 0 Å². The third kappa shape index (κ3) is 7.88. The second-order valence-corrected chi connectivity index (χ2v) is 14.1. The zero-order valence-electron chi connectivity index (χ0n) is 32.3. The van der Waals surface area contributed by atoms with Gasteiger partial charge in [-0.05, 0) is 82.5 Å². The lowest BCUT2D eigenvalue weighted by atomic mass is 9.83. The van der Waals surface area contributed by atoms with E-state index in [9.17, 15) is 38.4 Å². The molecule has 0 atom stereocenters. The maximum Gasteiger partial charge on any atom is 0.329 e. The predicted octanol–water partition coefficient (Wildman–Crippen LogP) is 5.24. The molecule has 0 fully saturated rings. The topological polar surface area (TPSA) is 189 Å². The highest BCUT2D eigenvalue weighted by Gasteiger charge is 2.30. The van der Waals surface area contributed by atoms with Crippen molar-refractivity contribution in [2.45, 2.75) is 60.9 Å². The van der Waals surface area contributed by atoms with E-state index in [0.29, 0.717) is 45.4 Å². The molecule has 288 valence electrons. The van der Waals surface area contributed by atoms with Crippen molar-refractivity contribution < 1.29 is 19.2 Å². The molecule has 2 aromatic heterocycles. The van der Waals surface area contributed by atoms with Crippen LogP contribution >= 0.6 is 0 Å². The standard InChI is InChI=1S/C30H24N2O5.C15H16N2O3/c1-4-20-25(26(33)19-12-16(2)11-17(3)13-19)32(30(37)31-29(20)36)15-18-9-10-23-24(14-18)28(35)22-8-6-5-7-21(22)27(23)34;1-4-11-12(16-15(20)17-14(11)19)13(18)10-6-8(2)5-9(3)7-10/h5-14H,4,15H2,1-3H3,(H,31,36,37);5-7H,4H2,1-3H3,(H2,16,17,19,20). The molecule has 7 rings (SSSR count). The lowest BCUT2D eigenvalue weighted by molar-refractivity contribution is 0.0979. The first kappa shape index (κ1) is 39.6. The van der Waals surface area contributed by atoms with Crippen molar-refractivity contribution in [1.82, 2.24) is 19.5 Å². The maximum atomic E-state index is 13.7. The fraction of sp³-hybridized carbons (Fsp3) is 0.200. The number of benzene rings is 4. The first-order chi connectivity index (χ1) is 27.1. The summed E-state index contributed by atoms with van der Waals surface area (Å²) in [6, 6.07) is 22.3. The van der Waals surface area contributed by atoms with Gasteiger partial charge in [0.1, 0.15) is 5.69 Å². The van der Waals surface area contributed by atoms with E-state index in [1.54, 1.807) is 80.6 Å². The summed E-state index contributed by atoms with van der Waals surface area (Å²) in [5.41, 5.74) is 4.43. The van der Waals surface area contributed by atoms with Gasteiger partial charge in [0, 0.05) is 44.5 Å². The van der Waals surface area contributed by atoms with Crippen LogP contribution in [-0.2, 0) is 19.4 Å². The van der Waals surface area contributed by atoms with Gasteiger partial charge in [0.2, 0.25) is 11.6 Å². The van der Waals surface area contributed by atoms with Crippen LogP contribution in [0.5, 0.6) is 0 Å². The van der Waals surface area contributed by atoms with Crippen molar-refractivity contribution in [2.24, 2.45) is 0 Å². The second-order valence-electron chi connectivity index (χ2n) is 14.1. The van der Waals surface area contributed by atoms with Gasteiger partial charge in [-0.1, -0.05) is 78.6 Å². The molecule has 0 bridgehead atoms. The molecule has 2 heterocycles. The molecule has 0 radical (unpaired) electrons. The third-order valence-corrected chi connectivity index (χ3v) is 9.78. The van der Waals surface area contributed by atoms with Crippen molar-refractivity contribution in [3.8, 4) is 0 Å². The van der Waals surface area contributed by atoms with Gasteiger partial charge in [0.25, 0.3) is 11.1 Å². The molecule has 3 N–H and O–H groups in total. The molecule has 12 nitrogen and oxygen atoms in total. The molecule has 57 heavy (non-hydrogen) atoms. The fourth-order valence-corrected chi connectivity index (χ4v) is 7.31. The number of hydrogen-bond donors (Lipinski definition) is 3. The Labute approximate surface area is 326 Å². The van der Waals surface area contributed by atoms with E-state index in [0.717, 1.165) is 22.3 Å². The first-order valence-electron chi connectivity index (χ1n) is 18.4. The van der Waals surface area contributed by atoms with Gasteiger partial charge in [0.05, 0.1) is 12.2 Å². The van der Waals surface area contributed by atoms with Crippen LogP contribution in [0.3, 0.4) is 0 Å². The van der Waals surface area contributed by atoms with Crippen LogP contribution in [0.1, 0.15) is 117 Å². The van der Waals surface area contributed by atoms with E-state index < -0.39 is 28.3 Å². The molecule has 6 aromatic rings. The summed E-state index contributed by atoms with van der Waals surface area (Å²) in [6.07, 6.45) is 0.618. The Bertz CT molecular complexity index is 2870. The molecule has 12 heteroatoms. The molecule has 0 saturated carbocycles. The van der Waals surface area contributed by atoms with Gasteiger partial charge < -0.3 is 4.98 Å². The number of aromatic nitrogens is 4. The first-order valence-corrected chi connectivity index (χ1v) is 18.4. The Morgan fingerprint density at radius 1 is 0.544 bits per heavy atom. The second kappa shape index (κ2) is 16.0. The SMILES string of the molecule is CCc1c(C(=O)c2cc(C)cc(C)c2)[nH]c(=O)[nH]c1=O.CCc1c(C(=O)c2cc(C)cc(C)c2)n(Cc2ccc3c(c2)C(=O)c2ccccc2C3=O)c(=O)[nH]c1=O. The number of fused-ring (bicyclic) bond motifs is 2. The zero-order valence-corrected chi connectivity index (χ0v) is 32.3. The third-order valence-electron chi connectivity index (χ3n) is 9.78. The van der Waals surface area contributed by atoms with Gasteiger partial charge in [-0.2, -0.15) is 0 Å². The Morgan fingerprint density at radius 3 is 1.58 bits per heavy atom. The van der Waals surface area contributed by atoms with Crippen LogP contribution in [0.2, 0.25) is 0 Å². The average Bonchev–Trinajstić information content (AvgIpc) is 3.16. The number of nitrogens with zero attached hydrogens (tertiary/aromatic N) is 1. The molecule has 0 saturated heterocycles. The summed E-state index contributed by atoms with van der Waals surface area (Å²) in [6.45, 7) is 11.0. The number of H-pyrrole nitrogens is 3. The number of rotatable bonds is 8. The van der Waals surface area contributed by atoms with Gasteiger partial charge in [-0.3, -0.25) is 43.3 Å². The van der Waals surface area contributed by atoms with E-state index in [1.807, 2.05) is 39.8 Å². The van der Waals surface area contributed by atoms with E-state index in [4.69, 9.17) is 0 Å². The molecule has 4 aromatic carbocycles. The normalized spacial score (nSPS) is 11.7. The highest BCUT2D eigenvalue weighted by atomic mass is 16.2. The van der Waals surface area contributed by atoms with Crippen molar-refractivity contribution >= 4 is 23.1 Å². The summed E-state index contributed by atoms with van der Waals surface area (Å²) in [7, 11) is 0. The summed E-state index contributed by atoms with van der Waals surface area (Å²) < 4.78 is 1.24. The largest absolute Gasteiger partial charge is 0.329 e. The number of hydrogen-bond acceptors (Lipinski definition) is 8. The van der Waals surface area contributed by atoms with E-state index in [1.165, 1.54) is 4.57 Å². The molecular formula is C45H40N4O8. The van der Waals surface area contributed by atoms with Crippen LogP contribution in [-0.4, -0.2) is 42.7 Å². The predicted molar refractivity (Wildman–Crippen MR) is 215 cm³/mol. The number of nitrogens with one attached hydrogen (secondary N) is 3. The van der Waals surface area contributed by atoms with Crippen LogP contribution in [0.4, 0.5) is 0 Å². The Kier molecular flexibility index (Phi) is 11.1. The number of carbonyl (C=O) groups excluding carboxylic acids is 4. The summed E-state index contributed by atoms with van der Waals surface area (Å²) in [5.74, 6) is -1.28. The molecule has 0 amide bonds. The highest BCUT2D eigenvalue weighted by molar-refractivity contribution is 6.28. The maximum absolute atomic E-state index is 13.7. The summed E-state index contributed by atoms with van der Waals surface area (Å²) in [5, 5.41) is 0. The molecule has 1 aliphatic rings. The number of aryl methyl sites for hydroxylation is 4. The number of aromatic amines is 3. The summed E-state index contributed by atoms with van der Waals surface area (Å²) in [4.78, 5) is 108. The molecule has 0 spiro atoms. The smallest absolute Gasteiger partial charge is 0.304 e. The van der Waals surface area contributed by atoms with Crippen LogP contribution in [0.15, 0.2) is 98.0 Å². The van der Waals surface area contributed by atoms with Gasteiger partial charge in [0.15, 0.2) is 11.6 Å². The van der Waals surface area contributed by atoms with Crippen LogP contribution in [0, 0.1) is 27.7 Å². The van der Waals surface area contributed by atoms with Gasteiger partial charge in [-0.25, -0.2) is 9.59 Å². The average molecular weight is 765 g/mol. The molecule has 0 unspecified atom stereocenters. The minimum atomic E-state index is -0.722. The lowest BCUT2D eigenvalue weighted by Crippen LogP contribution is -2.37. The summed E-state index contributed by atoms with van der Waals surface area (Å²) >= 11 is 0. The monoisotopic (exact) mass is 764 g/mol. The van der Waals surface area contributed by atoms with E-state index in [2.05, 4.69) is 15.0 Å². The van der Waals surface area contributed by atoms with Crippen molar-refractivity contribution in [3.05, 3.63) is 204 Å². The van der Waals surface area contributed by atoms with Crippen molar-refractivity contribution in [3.63, 3.8) is 0 Å². The van der Waals surface area contributed by atoms with Gasteiger partial charge in [-0.15, -0.1) is 0 Å². The molecule has 1 aliphatic carbocycles. The minimum absolute atomic E-state index is 0.0201. The fourth-order valence-electron chi connectivity index (χ4n) is 7.31. The van der Waals surface area contributed by atoms with Crippen molar-refractivity contribution in [2.75, 3.05) is 0 Å². The molecule has 0 aliphatic heterocycles. The quantitative estimate of drug-likeness (QED) is 0.175. The highest BCUT2D eigenvalue weighted by Crippen LogP contribution is 2.28. The lowest BCUT2D eigenvalue weighted by Gasteiger charge is -2.19. The Morgan fingerprint density at radius 2 is 1.04 bits per heavy atom. The van der Waals surface area contributed by atoms with Crippen LogP contribution < -0.4 is 22.5 Å². The van der Waals surface area contributed by atoms with E-state index in [-0.39, 0.29) is 52.8 Å². The Hall–Kier alpha value is -7.08.